The van der Waals surface area contributed by atoms with Crippen molar-refractivity contribution in [3.8, 4) is 0 Å². The van der Waals surface area contributed by atoms with Gasteiger partial charge in [0.1, 0.15) is 0 Å². The maximum absolute atomic E-state index is 6.59. The molecule has 0 aromatic rings. The first-order valence-electron chi connectivity index (χ1n) is 6.06. The van der Waals surface area contributed by atoms with Gasteiger partial charge in [0.15, 0.2) is 16.6 Å². The first kappa shape index (κ1) is 17.0. The summed E-state index contributed by atoms with van der Waals surface area (Å²) in [6, 6.07) is 0. The van der Waals surface area contributed by atoms with Crippen LogP contribution in [0, 0.1) is 62.4 Å². The quantitative estimate of drug-likeness (QED) is 0.723. The Kier molecular flexibility index (Phi) is 6.20. The Bertz CT molecular complexity index is 231. The third-order valence-electron chi connectivity index (χ3n) is 3.23. The average molecular weight is 316 g/mol. The molecule has 4 heteroatoms. The standard InChI is InChI=1S/C14H20OSi2.Fe/c1-16(2,13-9-5-6-10-13)15-17(3,4)14-11-7-8-12-14;/h5-12H,1-4H3;/q;+2. The fraction of sp³-hybridized carbons (Fsp3) is 0.286. The van der Waals surface area contributed by atoms with Crippen LogP contribution in [-0.4, -0.2) is 16.6 Å². The summed E-state index contributed by atoms with van der Waals surface area (Å²) >= 11 is 0. The van der Waals surface area contributed by atoms with Gasteiger partial charge in [-0.05, 0) is 77.6 Å². The Morgan fingerprint density at radius 3 is 1.22 bits per heavy atom. The summed E-state index contributed by atoms with van der Waals surface area (Å²) in [6.07, 6.45) is 17.2. The van der Waals surface area contributed by atoms with E-state index in [0.29, 0.717) is 0 Å². The molecule has 96 valence electrons. The van der Waals surface area contributed by atoms with Crippen LogP contribution in [0.5, 0.6) is 0 Å². The zero-order chi connectivity index (χ0) is 12.5. The summed E-state index contributed by atoms with van der Waals surface area (Å²) < 4.78 is 6.59. The van der Waals surface area contributed by atoms with Crippen LogP contribution in [0.4, 0.5) is 0 Å². The second-order valence-corrected chi connectivity index (χ2v) is 13.5. The van der Waals surface area contributed by atoms with Gasteiger partial charge in [0.05, 0.1) is 0 Å². The van der Waals surface area contributed by atoms with Crippen LogP contribution in [0.15, 0.2) is 0 Å². The third kappa shape index (κ3) is 3.95. The van der Waals surface area contributed by atoms with Crippen LogP contribution in [0.3, 0.4) is 0 Å². The first-order chi connectivity index (χ1) is 7.92. The minimum Gasteiger partial charge on any atom is -0.455 e. The zero-order valence-electron chi connectivity index (χ0n) is 11.4. The first-order valence-corrected chi connectivity index (χ1v) is 11.9. The summed E-state index contributed by atoms with van der Waals surface area (Å²) in [6.45, 7) is 9.17. The van der Waals surface area contributed by atoms with E-state index in [1.807, 2.05) is 0 Å². The van der Waals surface area contributed by atoms with Crippen molar-refractivity contribution in [1.82, 2.24) is 0 Å². The second-order valence-electron chi connectivity index (χ2n) is 5.47. The molecule has 0 spiro atoms. The summed E-state index contributed by atoms with van der Waals surface area (Å²) in [4.78, 5) is 0. The predicted molar refractivity (Wildman–Crippen MR) is 76.9 cm³/mol. The molecule has 2 aliphatic carbocycles. The molecule has 10 radical (unpaired) electrons. The smallest absolute Gasteiger partial charge is 0.455 e. The van der Waals surface area contributed by atoms with Crippen LogP contribution in [0.2, 0.25) is 26.2 Å². The van der Waals surface area contributed by atoms with Crippen molar-refractivity contribution in [2.45, 2.75) is 26.2 Å². The van der Waals surface area contributed by atoms with E-state index < -0.39 is 16.6 Å². The normalized spacial score (nSPS) is 23.3. The predicted octanol–water partition coefficient (Wildman–Crippen LogP) is 3.30. The largest absolute Gasteiger partial charge is 2.00 e. The SMILES string of the molecule is C[Si](C)(O[Si](C)(C)[C]1[CH][CH][CH][CH]1)[C]1[CH][CH][CH][CH]1.[Fe+2]. The number of rotatable bonds is 4. The molecule has 0 aromatic carbocycles. The Morgan fingerprint density at radius 1 is 0.667 bits per heavy atom. The van der Waals surface area contributed by atoms with E-state index in [0.717, 1.165) is 0 Å². The number of hydrogen-bond donors (Lipinski definition) is 0. The Labute approximate surface area is 126 Å². The molecular formula is C14H20FeOSi2+2. The van der Waals surface area contributed by atoms with Gasteiger partial charge in [-0.25, -0.2) is 0 Å². The molecule has 2 aliphatic rings. The van der Waals surface area contributed by atoms with Crippen molar-refractivity contribution in [2.75, 3.05) is 0 Å². The van der Waals surface area contributed by atoms with Crippen LogP contribution in [0.25, 0.3) is 0 Å². The molecule has 1 nitrogen and oxygen atoms in total. The Morgan fingerprint density at radius 2 is 0.944 bits per heavy atom. The molecule has 0 unspecified atom stereocenters. The molecule has 0 aliphatic heterocycles. The number of hydrogen-bond acceptors (Lipinski definition) is 1. The van der Waals surface area contributed by atoms with E-state index in [9.17, 15) is 0 Å². The van der Waals surface area contributed by atoms with Gasteiger partial charge in [0.2, 0.25) is 0 Å². The van der Waals surface area contributed by atoms with Crippen molar-refractivity contribution >= 4 is 16.6 Å². The molecular weight excluding hydrogens is 296 g/mol. The summed E-state index contributed by atoms with van der Waals surface area (Å²) in [7, 11) is -3.51. The summed E-state index contributed by atoms with van der Waals surface area (Å²) in [5, 5.41) is 0. The van der Waals surface area contributed by atoms with Crippen LogP contribution in [0.1, 0.15) is 0 Å². The van der Waals surface area contributed by atoms with Crippen LogP contribution in [-0.2, 0) is 21.2 Å². The van der Waals surface area contributed by atoms with Crippen LogP contribution >= 0.6 is 0 Å². The van der Waals surface area contributed by atoms with Gasteiger partial charge in [-0.3, -0.25) is 0 Å². The fourth-order valence-electron chi connectivity index (χ4n) is 2.31. The molecule has 2 saturated carbocycles. The van der Waals surface area contributed by atoms with E-state index in [2.05, 4.69) is 77.6 Å². The third-order valence-corrected chi connectivity index (χ3v) is 10.8. The molecule has 0 N–H and O–H groups in total. The monoisotopic (exact) mass is 316 g/mol. The zero-order valence-corrected chi connectivity index (χ0v) is 14.5. The summed E-state index contributed by atoms with van der Waals surface area (Å²) in [5.74, 6) is 0. The van der Waals surface area contributed by atoms with Gasteiger partial charge in [-0.15, -0.1) is 0 Å². The van der Waals surface area contributed by atoms with Crippen molar-refractivity contribution in [2.24, 2.45) is 0 Å². The van der Waals surface area contributed by atoms with E-state index in [1.54, 1.807) is 0 Å². The molecule has 0 heterocycles. The van der Waals surface area contributed by atoms with Gasteiger partial charge < -0.3 is 4.12 Å². The summed E-state index contributed by atoms with van der Waals surface area (Å²) in [5.41, 5.74) is 2.79. The van der Waals surface area contributed by atoms with Gasteiger partial charge >= 0.3 is 17.1 Å². The molecule has 0 amide bonds. The average Bonchev–Trinajstić information content (AvgIpc) is 2.91. The van der Waals surface area contributed by atoms with Crippen LogP contribution < -0.4 is 0 Å². The van der Waals surface area contributed by atoms with Gasteiger partial charge in [-0.1, -0.05) is 0 Å². The molecule has 0 bridgehead atoms. The Hall–Kier alpha value is 0.913. The molecule has 18 heavy (non-hydrogen) atoms. The minimum atomic E-state index is -1.76. The van der Waals surface area contributed by atoms with E-state index in [-0.39, 0.29) is 17.1 Å². The minimum absolute atomic E-state index is 0. The molecule has 2 rings (SSSR count). The fourth-order valence-corrected chi connectivity index (χ4v) is 10.3. The van der Waals surface area contributed by atoms with Crippen molar-refractivity contribution < 1.29 is 21.2 Å². The maximum atomic E-state index is 6.59. The van der Waals surface area contributed by atoms with E-state index in [1.165, 1.54) is 11.1 Å². The molecule has 0 aromatic heterocycles. The van der Waals surface area contributed by atoms with E-state index >= 15 is 0 Å². The van der Waals surface area contributed by atoms with E-state index in [4.69, 9.17) is 4.12 Å². The Balaban J connectivity index is 0.00000162. The van der Waals surface area contributed by atoms with Crippen molar-refractivity contribution in [3.63, 3.8) is 0 Å². The molecule has 2 fully saturated rings. The second kappa shape index (κ2) is 6.58. The van der Waals surface area contributed by atoms with Crippen molar-refractivity contribution in [3.05, 3.63) is 62.4 Å². The van der Waals surface area contributed by atoms with Gasteiger partial charge in [0.25, 0.3) is 0 Å². The molecule has 0 saturated heterocycles. The van der Waals surface area contributed by atoms with Crippen molar-refractivity contribution in [1.29, 1.82) is 0 Å². The van der Waals surface area contributed by atoms with Gasteiger partial charge in [0, 0.05) is 11.1 Å². The molecule has 0 atom stereocenters. The maximum Gasteiger partial charge on any atom is 2.00 e. The van der Waals surface area contributed by atoms with Gasteiger partial charge in [-0.2, -0.15) is 0 Å². The topological polar surface area (TPSA) is 9.23 Å².